The Labute approximate surface area is 113 Å². The van der Waals surface area contributed by atoms with E-state index in [1.807, 2.05) is 0 Å². The maximum absolute atomic E-state index is 11.7. The third-order valence-electron chi connectivity index (χ3n) is 2.50. The molecule has 0 aromatic heterocycles. The van der Waals surface area contributed by atoms with Gasteiger partial charge in [0.05, 0.1) is 6.61 Å². The van der Waals surface area contributed by atoms with Gasteiger partial charge < -0.3 is 9.47 Å². The first-order chi connectivity index (χ1) is 8.59. The van der Waals surface area contributed by atoms with Gasteiger partial charge in [-0.1, -0.05) is 0 Å². The molecule has 1 aliphatic rings. The van der Waals surface area contributed by atoms with Crippen LogP contribution in [-0.4, -0.2) is 50.5 Å². The number of carbonyl (C=O) groups is 2. The first kappa shape index (κ1) is 16.1. The minimum Gasteiger partial charge on any atom is -0.459 e. The summed E-state index contributed by atoms with van der Waals surface area (Å²) in [6, 6.07) is 0. The summed E-state index contributed by atoms with van der Waals surface area (Å²) in [6.07, 6.45) is 0.542. The molecule has 0 amide bonds. The van der Waals surface area contributed by atoms with Gasteiger partial charge >= 0.3 is 5.97 Å². The van der Waals surface area contributed by atoms with Crippen molar-refractivity contribution in [3.63, 3.8) is 0 Å². The van der Waals surface area contributed by atoms with Gasteiger partial charge in [-0.2, -0.15) is 0 Å². The number of esters is 1. The van der Waals surface area contributed by atoms with E-state index < -0.39 is 32.9 Å². The zero-order valence-corrected chi connectivity index (χ0v) is 12.3. The third kappa shape index (κ3) is 6.15. The van der Waals surface area contributed by atoms with Crippen LogP contribution >= 0.6 is 0 Å². The van der Waals surface area contributed by atoms with Crippen LogP contribution < -0.4 is 0 Å². The molecule has 1 rings (SSSR count). The molecule has 6 nitrogen and oxygen atoms in total. The fourth-order valence-electron chi connectivity index (χ4n) is 1.72. The Bertz CT molecular complexity index is 439. The number of ketones is 1. The van der Waals surface area contributed by atoms with Gasteiger partial charge in [0.15, 0.2) is 15.6 Å². The molecule has 0 saturated carbocycles. The minimum absolute atomic E-state index is 0.265. The van der Waals surface area contributed by atoms with E-state index in [1.165, 1.54) is 0 Å². The van der Waals surface area contributed by atoms with Crippen LogP contribution in [0.3, 0.4) is 0 Å². The van der Waals surface area contributed by atoms with Crippen LogP contribution in [0.5, 0.6) is 0 Å². The summed E-state index contributed by atoms with van der Waals surface area (Å²) in [5.74, 6) is -2.97. The smallest absolute Gasteiger partial charge is 0.321 e. The molecule has 0 spiro atoms. The molecule has 0 aliphatic carbocycles. The molecular weight excluding hydrogens is 272 g/mol. The third-order valence-corrected chi connectivity index (χ3v) is 3.90. The fraction of sp³-hybridized carbons (Fsp3) is 0.833. The summed E-state index contributed by atoms with van der Waals surface area (Å²) >= 11 is 0. The highest BCUT2D eigenvalue weighted by molar-refractivity contribution is 7.92. The van der Waals surface area contributed by atoms with Gasteiger partial charge in [0.1, 0.15) is 17.1 Å². The molecule has 19 heavy (non-hydrogen) atoms. The first-order valence-corrected chi connectivity index (χ1v) is 7.94. The van der Waals surface area contributed by atoms with Crippen molar-refractivity contribution in [3.05, 3.63) is 0 Å². The molecule has 0 aromatic carbocycles. The Morgan fingerprint density at radius 1 is 1.26 bits per heavy atom. The molecule has 1 aliphatic heterocycles. The molecule has 0 radical (unpaired) electrons. The largest absolute Gasteiger partial charge is 0.459 e. The van der Waals surface area contributed by atoms with E-state index in [4.69, 9.17) is 9.47 Å². The standard InChI is InChI=1S/C12H20O6S/c1-12(2,3)18-11(14)8-19(15,16)7-10(13)9-4-5-17-6-9/h9H,4-8H2,1-3H3. The van der Waals surface area contributed by atoms with E-state index in [0.717, 1.165) is 0 Å². The molecule has 110 valence electrons. The SMILES string of the molecule is CC(C)(C)OC(=O)CS(=O)(=O)CC(=O)C1CCOC1. The normalized spacial score (nSPS) is 20.3. The van der Waals surface area contributed by atoms with Crippen molar-refractivity contribution in [2.45, 2.75) is 32.8 Å². The van der Waals surface area contributed by atoms with E-state index in [9.17, 15) is 18.0 Å². The highest BCUT2D eigenvalue weighted by Gasteiger charge is 2.30. The minimum atomic E-state index is -3.77. The van der Waals surface area contributed by atoms with E-state index in [1.54, 1.807) is 20.8 Å². The number of hydrogen-bond acceptors (Lipinski definition) is 6. The number of sulfone groups is 1. The zero-order valence-electron chi connectivity index (χ0n) is 11.5. The Morgan fingerprint density at radius 2 is 1.89 bits per heavy atom. The Morgan fingerprint density at radius 3 is 2.37 bits per heavy atom. The number of carbonyl (C=O) groups excluding carboxylic acids is 2. The molecule has 1 heterocycles. The quantitative estimate of drug-likeness (QED) is 0.679. The van der Waals surface area contributed by atoms with Crippen LogP contribution in [0, 0.1) is 5.92 Å². The van der Waals surface area contributed by atoms with Gasteiger partial charge in [0.2, 0.25) is 0 Å². The van der Waals surface area contributed by atoms with Crippen LogP contribution in [0.1, 0.15) is 27.2 Å². The van der Waals surface area contributed by atoms with E-state index in [2.05, 4.69) is 0 Å². The maximum atomic E-state index is 11.7. The molecule has 1 atom stereocenters. The summed E-state index contributed by atoms with van der Waals surface area (Å²) in [4.78, 5) is 23.2. The number of ether oxygens (including phenoxy) is 2. The van der Waals surface area contributed by atoms with E-state index in [-0.39, 0.29) is 18.3 Å². The average Bonchev–Trinajstić information content (AvgIpc) is 2.63. The van der Waals surface area contributed by atoms with Crippen molar-refractivity contribution >= 4 is 21.6 Å². The van der Waals surface area contributed by atoms with E-state index in [0.29, 0.717) is 13.0 Å². The lowest BCUT2D eigenvalue weighted by Crippen LogP contribution is -2.32. The fourth-order valence-corrected chi connectivity index (χ4v) is 2.91. The Hall–Kier alpha value is -0.950. The van der Waals surface area contributed by atoms with Crippen LogP contribution in [-0.2, 0) is 28.9 Å². The molecule has 7 heteroatoms. The second-order valence-corrected chi connectivity index (χ2v) is 7.71. The first-order valence-electron chi connectivity index (χ1n) is 6.12. The summed E-state index contributed by atoms with van der Waals surface area (Å²) in [5.41, 5.74) is -0.740. The highest BCUT2D eigenvalue weighted by Crippen LogP contribution is 2.15. The molecule has 0 aromatic rings. The molecule has 0 N–H and O–H groups in total. The Kier molecular flexibility index (Phi) is 5.09. The van der Waals surface area contributed by atoms with Crippen molar-refractivity contribution in [1.82, 2.24) is 0 Å². The van der Waals surface area contributed by atoms with Crippen molar-refractivity contribution < 1.29 is 27.5 Å². The Balaban J connectivity index is 2.51. The van der Waals surface area contributed by atoms with Crippen molar-refractivity contribution in [3.8, 4) is 0 Å². The molecule has 0 bridgehead atoms. The average molecular weight is 292 g/mol. The lowest BCUT2D eigenvalue weighted by Gasteiger charge is -2.19. The molecule has 1 unspecified atom stereocenters. The second kappa shape index (κ2) is 6.00. The predicted octanol–water partition coefficient (Wildman–Crippen LogP) is 0.349. The summed E-state index contributed by atoms with van der Waals surface area (Å²) < 4.78 is 33.4. The number of hydrogen-bond donors (Lipinski definition) is 0. The van der Waals surface area contributed by atoms with Gasteiger partial charge in [-0.25, -0.2) is 8.42 Å². The van der Waals surface area contributed by atoms with Crippen molar-refractivity contribution in [2.75, 3.05) is 24.7 Å². The van der Waals surface area contributed by atoms with Gasteiger partial charge in [0, 0.05) is 12.5 Å². The van der Waals surface area contributed by atoms with E-state index >= 15 is 0 Å². The predicted molar refractivity (Wildman–Crippen MR) is 68.4 cm³/mol. The second-order valence-electron chi connectivity index (χ2n) is 5.65. The highest BCUT2D eigenvalue weighted by atomic mass is 32.2. The van der Waals surface area contributed by atoms with Gasteiger partial charge in [-0.05, 0) is 27.2 Å². The lowest BCUT2D eigenvalue weighted by atomic mass is 10.1. The van der Waals surface area contributed by atoms with Gasteiger partial charge in [-0.15, -0.1) is 0 Å². The number of rotatable bonds is 5. The summed E-state index contributed by atoms with van der Waals surface area (Å²) in [6.45, 7) is 5.69. The van der Waals surface area contributed by atoms with Crippen LogP contribution in [0.15, 0.2) is 0 Å². The van der Waals surface area contributed by atoms with Gasteiger partial charge in [-0.3, -0.25) is 9.59 Å². The lowest BCUT2D eigenvalue weighted by molar-refractivity contribution is -0.151. The molecule has 1 fully saturated rings. The summed E-state index contributed by atoms with van der Waals surface area (Å²) in [5, 5.41) is 0. The molecule has 1 saturated heterocycles. The number of Topliss-reactive ketones (excluding diaryl/α,β-unsaturated/α-hetero) is 1. The van der Waals surface area contributed by atoms with Crippen LogP contribution in [0.4, 0.5) is 0 Å². The molecular formula is C12H20O6S. The van der Waals surface area contributed by atoms with Crippen molar-refractivity contribution in [1.29, 1.82) is 0 Å². The summed E-state index contributed by atoms with van der Waals surface area (Å²) in [7, 11) is -3.77. The van der Waals surface area contributed by atoms with Crippen LogP contribution in [0.2, 0.25) is 0 Å². The van der Waals surface area contributed by atoms with Crippen LogP contribution in [0.25, 0.3) is 0 Å². The monoisotopic (exact) mass is 292 g/mol. The van der Waals surface area contributed by atoms with Crippen molar-refractivity contribution in [2.24, 2.45) is 5.92 Å². The topological polar surface area (TPSA) is 86.7 Å². The van der Waals surface area contributed by atoms with Gasteiger partial charge in [0.25, 0.3) is 0 Å². The zero-order chi connectivity index (χ0) is 14.7. The maximum Gasteiger partial charge on any atom is 0.321 e.